The van der Waals surface area contributed by atoms with Gasteiger partial charge in [-0.25, -0.2) is 9.97 Å². The molecule has 1 aliphatic rings. The second-order valence-electron chi connectivity index (χ2n) is 8.27. The van der Waals surface area contributed by atoms with E-state index in [1.165, 1.54) is 25.7 Å². The predicted octanol–water partition coefficient (Wildman–Crippen LogP) is 6.50. The number of fused-ring (bicyclic) bond motifs is 1. The third-order valence-corrected chi connectivity index (χ3v) is 7.42. The standard InChI is InChI=1S/C24H29Cl2N4O2P/c1-31-19-12-20(32-2)23(26)21(22(19)25)14-9-10-16-15(11-14)13-27-24(28-16)29-17-7-5-3-4-6-8-18(17)30-33/h9-13,17-18,30H,3-8,33H2,1-2H3,(H,27,28,29)/t17-,18?/m0/s1. The Hall–Kier alpha value is -1.85. The van der Waals surface area contributed by atoms with Crippen molar-refractivity contribution in [1.29, 1.82) is 0 Å². The summed E-state index contributed by atoms with van der Waals surface area (Å²) in [7, 11) is 5.79. The number of nitrogens with zero attached hydrogens (tertiary/aromatic N) is 2. The third-order valence-electron chi connectivity index (χ3n) is 6.24. The number of hydrogen-bond donors (Lipinski definition) is 2. The Morgan fingerprint density at radius 1 is 0.939 bits per heavy atom. The molecule has 6 nitrogen and oxygen atoms in total. The van der Waals surface area contributed by atoms with Gasteiger partial charge in [0, 0.05) is 35.3 Å². The van der Waals surface area contributed by atoms with E-state index >= 15 is 0 Å². The summed E-state index contributed by atoms with van der Waals surface area (Å²) < 4.78 is 10.8. The number of ether oxygens (including phenoxy) is 2. The molecule has 1 aliphatic carbocycles. The van der Waals surface area contributed by atoms with E-state index in [1.807, 2.05) is 24.4 Å². The molecule has 0 saturated heterocycles. The smallest absolute Gasteiger partial charge is 0.223 e. The highest BCUT2D eigenvalue weighted by Gasteiger charge is 2.23. The lowest BCUT2D eigenvalue weighted by Crippen LogP contribution is -2.41. The van der Waals surface area contributed by atoms with Gasteiger partial charge in [-0.1, -0.05) is 64.3 Å². The minimum absolute atomic E-state index is 0.293. The van der Waals surface area contributed by atoms with E-state index in [4.69, 9.17) is 37.7 Å². The Labute approximate surface area is 207 Å². The van der Waals surface area contributed by atoms with Crippen LogP contribution < -0.4 is 19.9 Å². The Morgan fingerprint density at radius 3 is 2.24 bits per heavy atom. The molecular weight excluding hydrogens is 478 g/mol. The van der Waals surface area contributed by atoms with Gasteiger partial charge in [0.15, 0.2) is 0 Å². The van der Waals surface area contributed by atoms with Crippen LogP contribution in [0.1, 0.15) is 38.5 Å². The fourth-order valence-electron chi connectivity index (χ4n) is 4.42. The van der Waals surface area contributed by atoms with Gasteiger partial charge in [0.05, 0.1) is 29.8 Å². The molecule has 0 spiro atoms. The largest absolute Gasteiger partial charge is 0.495 e. The van der Waals surface area contributed by atoms with Gasteiger partial charge in [0.2, 0.25) is 5.95 Å². The Balaban J connectivity index is 1.65. The monoisotopic (exact) mass is 506 g/mol. The van der Waals surface area contributed by atoms with Crippen LogP contribution in [0.5, 0.6) is 11.5 Å². The van der Waals surface area contributed by atoms with Gasteiger partial charge >= 0.3 is 0 Å². The molecule has 0 bridgehead atoms. The molecule has 1 heterocycles. The first kappa shape index (κ1) is 24.3. The van der Waals surface area contributed by atoms with Crippen molar-refractivity contribution in [2.75, 3.05) is 19.5 Å². The van der Waals surface area contributed by atoms with Gasteiger partial charge in [0.1, 0.15) is 11.5 Å². The van der Waals surface area contributed by atoms with Gasteiger partial charge in [-0.15, -0.1) is 0 Å². The third kappa shape index (κ3) is 5.30. The van der Waals surface area contributed by atoms with E-state index in [1.54, 1.807) is 20.3 Å². The summed E-state index contributed by atoms with van der Waals surface area (Å²) >= 11 is 13.2. The van der Waals surface area contributed by atoms with Crippen LogP contribution >= 0.6 is 32.6 Å². The molecule has 9 heteroatoms. The maximum atomic E-state index is 6.60. The first-order valence-corrected chi connectivity index (χ1v) is 12.5. The maximum absolute atomic E-state index is 6.60. The van der Waals surface area contributed by atoms with Crippen LogP contribution in [-0.2, 0) is 0 Å². The molecule has 2 N–H and O–H groups in total. The molecule has 1 aromatic heterocycles. The Morgan fingerprint density at radius 2 is 1.61 bits per heavy atom. The zero-order valence-corrected chi connectivity index (χ0v) is 21.5. The van der Waals surface area contributed by atoms with Gasteiger partial charge in [-0.05, 0) is 30.5 Å². The molecule has 0 aliphatic heterocycles. The highest BCUT2D eigenvalue weighted by atomic mass is 35.5. The average Bonchev–Trinajstić information content (AvgIpc) is 2.81. The van der Waals surface area contributed by atoms with Gasteiger partial charge in [-0.2, -0.15) is 0 Å². The topological polar surface area (TPSA) is 68.3 Å². The minimum atomic E-state index is 0.293. The molecule has 33 heavy (non-hydrogen) atoms. The van der Waals surface area contributed by atoms with E-state index in [0.717, 1.165) is 29.3 Å². The van der Waals surface area contributed by atoms with E-state index < -0.39 is 0 Å². The van der Waals surface area contributed by atoms with Crippen molar-refractivity contribution in [3.8, 4) is 22.6 Å². The summed E-state index contributed by atoms with van der Waals surface area (Å²) in [5.41, 5.74) is 2.34. The van der Waals surface area contributed by atoms with Crippen LogP contribution in [0.25, 0.3) is 22.0 Å². The van der Waals surface area contributed by atoms with Crippen molar-refractivity contribution >= 4 is 49.4 Å². The highest BCUT2D eigenvalue weighted by molar-refractivity contribution is 7.13. The van der Waals surface area contributed by atoms with Crippen LogP contribution in [0.4, 0.5) is 5.95 Å². The first-order chi connectivity index (χ1) is 16.0. The van der Waals surface area contributed by atoms with Gasteiger partial charge in [-0.3, -0.25) is 5.09 Å². The fraction of sp³-hybridized carbons (Fsp3) is 0.417. The van der Waals surface area contributed by atoms with Crippen molar-refractivity contribution in [2.45, 2.75) is 50.6 Å². The maximum Gasteiger partial charge on any atom is 0.223 e. The summed E-state index contributed by atoms with van der Waals surface area (Å²) in [6.07, 6.45) is 9.11. The molecule has 3 aromatic rings. The first-order valence-electron chi connectivity index (χ1n) is 11.2. The van der Waals surface area contributed by atoms with Crippen LogP contribution in [0.3, 0.4) is 0 Å². The Kier molecular flexibility index (Phi) is 8.13. The molecule has 3 atom stereocenters. The van der Waals surface area contributed by atoms with E-state index in [2.05, 4.69) is 24.8 Å². The zero-order chi connectivity index (χ0) is 23.4. The van der Waals surface area contributed by atoms with Crippen LogP contribution in [0, 0.1) is 0 Å². The summed E-state index contributed by atoms with van der Waals surface area (Å²) in [4.78, 5) is 9.37. The van der Waals surface area contributed by atoms with E-state index in [9.17, 15) is 0 Å². The number of nitrogens with one attached hydrogen (secondary N) is 2. The lowest BCUT2D eigenvalue weighted by Gasteiger charge is -2.29. The summed E-state index contributed by atoms with van der Waals surface area (Å²) in [6.45, 7) is 0. The minimum Gasteiger partial charge on any atom is -0.495 e. The number of rotatable bonds is 6. The highest BCUT2D eigenvalue weighted by Crippen LogP contribution is 2.46. The SMILES string of the molecule is COc1cc(OC)c(Cl)c(-c2ccc3nc(N[C@H]4CCCCCCC4NP)ncc3c2)c1Cl. The molecule has 4 rings (SSSR count). The lowest BCUT2D eigenvalue weighted by molar-refractivity contribution is 0.395. The number of anilines is 1. The van der Waals surface area contributed by atoms with Crippen LogP contribution in [0.2, 0.25) is 10.0 Å². The Bertz CT molecular complexity index is 1100. The normalized spacial score (nSPS) is 19.1. The number of hydrogen-bond acceptors (Lipinski definition) is 6. The quantitative estimate of drug-likeness (QED) is 0.371. The van der Waals surface area contributed by atoms with Crippen molar-refractivity contribution in [3.63, 3.8) is 0 Å². The fourth-order valence-corrected chi connectivity index (χ4v) is 5.54. The van der Waals surface area contributed by atoms with Gasteiger partial charge in [0.25, 0.3) is 0 Å². The number of halogens is 2. The number of aromatic nitrogens is 2. The molecular formula is C24H29Cl2N4O2P. The van der Waals surface area contributed by atoms with Crippen molar-refractivity contribution in [1.82, 2.24) is 15.1 Å². The van der Waals surface area contributed by atoms with E-state index in [0.29, 0.717) is 45.1 Å². The molecule has 1 fully saturated rings. The van der Waals surface area contributed by atoms with Crippen molar-refractivity contribution in [3.05, 3.63) is 40.5 Å². The molecule has 1 saturated carbocycles. The summed E-state index contributed by atoms with van der Waals surface area (Å²) in [5.74, 6) is 1.64. The zero-order valence-electron chi connectivity index (χ0n) is 18.8. The number of methoxy groups -OCH3 is 2. The van der Waals surface area contributed by atoms with Crippen LogP contribution in [0.15, 0.2) is 30.5 Å². The lowest BCUT2D eigenvalue weighted by atomic mass is 9.93. The second kappa shape index (κ2) is 11.1. The number of benzene rings is 2. The molecule has 0 radical (unpaired) electrons. The van der Waals surface area contributed by atoms with Gasteiger partial charge < -0.3 is 14.8 Å². The predicted molar refractivity (Wildman–Crippen MR) is 140 cm³/mol. The summed E-state index contributed by atoms with van der Waals surface area (Å²) in [6, 6.07) is 8.25. The molecule has 2 aromatic carbocycles. The molecule has 0 amide bonds. The second-order valence-corrected chi connectivity index (χ2v) is 9.36. The molecule has 176 valence electrons. The van der Waals surface area contributed by atoms with E-state index in [-0.39, 0.29) is 0 Å². The average molecular weight is 507 g/mol. The van der Waals surface area contributed by atoms with Crippen molar-refractivity contribution in [2.24, 2.45) is 0 Å². The summed E-state index contributed by atoms with van der Waals surface area (Å²) in [5, 5.41) is 8.71. The van der Waals surface area contributed by atoms with Crippen LogP contribution in [-0.4, -0.2) is 36.3 Å². The molecule has 2 unspecified atom stereocenters. The van der Waals surface area contributed by atoms with Crippen molar-refractivity contribution < 1.29 is 9.47 Å².